The lowest BCUT2D eigenvalue weighted by Crippen LogP contribution is -2.16. The first-order chi connectivity index (χ1) is 15.1. The second-order valence-electron chi connectivity index (χ2n) is 7.09. The van der Waals surface area contributed by atoms with Crippen LogP contribution in [0.25, 0.3) is 0 Å². The van der Waals surface area contributed by atoms with Crippen LogP contribution in [0.3, 0.4) is 0 Å². The lowest BCUT2D eigenvalue weighted by molar-refractivity contribution is 0.0600. The van der Waals surface area contributed by atoms with Crippen LogP contribution < -0.4 is 10.0 Å². The number of amides is 1. The largest absolute Gasteiger partial charge is 0.465 e. The van der Waals surface area contributed by atoms with Gasteiger partial charge in [-0.2, -0.15) is 0 Å². The third kappa shape index (κ3) is 5.27. The highest BCUT2D eigenvalue weighted by atomic mass is 35.5. The van der Waals surface area contributed by atoms with Crippen molar-refractivity contribution in [2.75, 3.05) is 17.1 Å². The molecule has 0 atom stereocenters. The molecule has 3 aromatic carbocycles. The summed E-state index contributed by atoms with van der Waals surface area (Å²) in [4.78, 5) is 24.6. The highest BCUT2D eigenvalue weighted by molar-refractivity contribution is 7.92. The van der Waals surface area contributed by atoms with Crippen molar-refractivity contribution in [2.24, 2.45) is 0 Å². The van der Waals surface area contributed by atoms with Gasteiger partial charge in [0.2, 0.25) is 0 Å². The summed E-state index contributed by atoms with van der Waals surface area (Å²) >= 11 is 6.13. The number of carbonyl (C=O) groups excluding carboxylic acids is 2. The molecule has 0 aliphatic carbocycles. The second kappa shape index (κ2) is 9.42. The van der Waals surface area contributed by atoms with E-state index in [4.69, 9.17) is 11.6 Å². The number of esters is 1. The number of ether oxygens (including phenoxy) is 1. The number of nitrogens with one attached hydrogen (secondary N) is 2. The highest BCUT2D eigenvalue weighted by Crippen LogP contribution is 2.26. The maximum atomic E-state index is 12.7. The smallest absolute Gasteiger partial charge is 0.337 e. The fourth-order valence-electron chi connectivity index (χ4n) is 2.90. The second-order valence-corrected chi connectivity index (χ2v) is 9.18. The van der Waals surface area contributed by atoms with Crippen LogP contribution in [0.4, 0.5) is 11.4 Å². The van der Waals surface area contributed by atoms with E-state index in [1.54, 1.807) is 25.1 Å². The highest BCUT2D eigenvalue weighted by Gasteiger charge is 2.17. The number of hydrogen-bond acceptors (Lipinski definition) is 5. The van der Waals surface area contributed by atoms with Crippen LogP contribution in [0.5, 0.6) is 0 Å². The minimum absolute atomic E-state index is 0.143. The Morgan fingerprint density at radius 1 is 0.875 bits per heavy atom. The predicted molar refractivity (Wildman–Crippen MR) is 124 cm³/mol. The van der Waals surface area contributed by atoms with Crippen molar-refractivity contribution >= 4 is 44.9 Å². The van der Waals surface area contributed by atoms with Gasteiger partial charge in [0.1, 0.15) is 0 Å². The van der Waals surface area contributed by atoms with E-state index in [0.717, 1.165) is 5.56 Å². The number of anilines is 2. The zero-order valence-corrected chi connectivity index (χ0v) is 19.2. The van der Waals surface area contributed by atoms with Crippen molar-refractivity contribution in [1.82, 2.24) is 0 Å². The summed E-state index contributed by atoms with van der Waals surface area (Å²) in [6.45, 7) is 3.56. The summed E-state index contributed by atoms with van der Waals surface area (Å²) in [5.74, 6) is -1.02. The van der Waals surface area contributed by atoms with Crippen LogP contribution in [0.1, 0.15) is 31.8 Å². The molecule has 0 aromatic heterocycles. The maximum absolute atomic E-state index is 12.7. The van der Waals surface area contributed by atoms with Crippen molar-refractivity contribution in [3.05, 3.63) is 87.9 Å². The summed E-state index contributed by atoms with van der Waals surface area (Å²) in [5.41, 5.74) is 2.65. The zero-order chi connectivity index (χ0) is 23.5. The zero-order valence-electron chi connectivity index (χ0n) is 17.6. The van der Waals surface area contributed by atoms with E-state index >= 15 is 0 Å². The Hall–Kier alpha value is -3.36. The van der Waals surface area contributed by atoms with Crippen LogP contribution in [0, 0.1) is 13.8 Å². The first-order valence-electron chi connectivity index (χ1n) is 9.50. The molecule has 0 saturated heterocycles. The molecule has 3 aromatic rings. The van der Waals surface area contributed by atoms with Crippen molar-refractivity contribution < 1.29 is 22.7 Å². The Kier molecular flexibility index (Phi) is 6.86. The first-order valence-corrected chi connectivity index (χ1v) is 11.4. The van der Waals surface area contributed by atoms with Crippen molar-refractivity contribution in [1.29, 1.82) is 0 Å². The molecule has 0 radical (unpaired) electrons. The summed E-state index contributed by atoms with van der Waals surface area (Å²) in [6.07, 6.45) is 0. The van der Waals surface area contributed by atoms with E-state index in [-0.39, 0.29) is 21.2 Å². The molecule has 0 aliphatic rings. The third-order valence-electron chi connectivity index (χ3n) is 4.70. The van der Waals surface area contributed by atoms with Crippen molar-refractivity contribution in [2.45, 2.75) is 18.7 Å². The summed E-state index contributed by atoms with van der Waals surface area (Å²) in [6, 6.07) is 15.5. The van der Waals surface area contributed by atoms with Crippen LogP contribution in [-0.2, 0) is 14.8 Å². The van der Waals surface area contributed by atoms with Gasteiger partial charge in [0.05, 0.1) is 34.0 Å². The van der Waals surface area contributed by atoms with Crippen LogP contribution in [0.2, 0.25) is 5.02 Å². The average molecular weight is 473 g/mol. The fraction of sp³-hybridized carbons (Fsp3) is 0.130. The topological polar surface area (TPSA) is 102 Å². The van der Waals surface area contributed by atoms with Crippen LogP contribution in [0.15, 0.2) is 65.6 Å². The average Bonchev–Trinajstić information content (AvgIpc) is 2.76. The first kappa shape index (κ1) is 23.3. The molecule has 1 amide bonds. The molecule has 166 valence electrons. The SMILES string of the molecule is COC(=O)c1ccc(Cl)c(NC(=O)c2ccc(NS(=O)(=O)c3ccc(C)cc3)c(C)c2)c1. The van der Waals surface area contributed by atoms with Gasteiger partial charge in [-0.05, 0) is 67.9 Å². The molecule has 0 spiro atoms. The minimum atomic E-state index is -3.77. The molecule has 0 heterocycles. The quantitative estimate of drug-likeness (QED) is 0.502. The van der Waals surface area contributed by atoms with Crippen molar-refractivity contribution in [3.8, 4) is 0 Å². The monoisotopic (exact) mass is 472 g/mol. The Morgan fingerprint density at radius 3 is 2.16 bits per heavy atom. The number of sulfonamides is 1. The molecule has 9 heteroatoms. The van der Waals surface area contributed by atoms with Crippen LogP contribution in [-0.4, -0.2) is 27.4 Å². The predicted octanol–water partition coefficient (Wildman–Crippen LogP) is 4.80. The minimum Gasteiger partial charge on any atom is -0.465 e. The number of halogens is 1. The van der Waals surface area contributed by atoms with Gasteiger partial charge in [-0.15, -0.1) is 0 Å². The van der Waals surface area contributed by atoms with E-state index in [9.17, 15) is 18.0 Å². The maximum Gasteiger partial charge on any atom is 0.337 e. The molecular weight excluding hydrogens is 452 g/mol. The van der Waals surface area contributed by atoms with Gasteiger partial charge in [0.25, 0.3) is 15.9 Å². The lowest BCUT2D eigenvalue weighted by atomic mass is 10.1. The Bertz CT molecular complexity index is 1290. The summed E-state index contributed by atoms with van der Waals surface area (Å²) in [7, 11) is -2.51. The van der Waals surface area contributed by atoms with E-state index in [1.807, 2.05) is 6.92 Å². The molecule has 0 fully saturated rings. The Morgan fingerprint density at radius 2 is 1.53 bits per heavy atom. The summed E-state index contributed by atoms with van der Waals surface area (Å²) < 4.78 is 32.5. The van der Waals surface area contributed by atoms with Gasteiger partial charge >= 0.3 is 5.97 Å². The standard InChI is InChI=1S/C23H21ClN2O5S/c1-14-4-8-18(9-5-14)32(29,30)26-20-11-7-16(12-15(20)2)22(27)25-21-13-17(23(28)31-3)6-10-19(21)24/h4-13,26H,1-3H3,(H,25,27). The van der Waals surface area contributed by atoms with E-state index < -0.39 is 21.9 Å². The molecule has 7 nitrogen and oxygen atoms in total. The summed E-state index contributed by atoms with van der Waals surface area (Å²) in [5, 5.41) is 2.91. The van der Waals surface area contributed by atoms with Crippen molar-refractivity contribution in [3.63, 3.8) is 0 Å². The molecule has 32 heavy (non-hydrogen) atoms. The number of rotatable bonds is 6. The number of hydrogen-bond donors (Lipinski definition) is 2. The van der Waals surface area contributed by atoms with E-state index in [2.05, 4.69) is 14.8 Å². The molecule has 0 saturated carbocycles. The van der Waals surface area contributed by atoms with Crippen LogP contribution >= 0.6 is 11.6 Å². The molecule has 0 aliphatic heterocycles. The van der Waals surface area contributed by atoms with E-state index in [0.29, 0.717) is 16.8 Å². The molecule has 0 bridgehead atoms. The molecule has 0 unspecified atom stereocenters. The lowest BCUT2D eigenvalue weighted by Gasteiger charge is -2.13. The number of aryl methyl sites for hydroxylation is 2. The fourth-order valence-corrected chi connectivity index (χ4v) is 4.20. The Labute approximate surface area is 191 Å². The number of methoxy groups -OCH3 is 1. The Balaban J connectivity index is 1.80. The molecular formula is C23H21ClN2O5S. The van der Waals surface area contributed by atoms with Gasteiger partial charge < -0.3 is 10.1 Å². The van der Waals surface area contributed by atoms with Gasteiger partial charge in [0, 0.05) is 5.56 Å². The molecule has 3 rings (SSSR count). The normalized spacial score (nSPS) is 11.0. The molecule has 2 N–H and O–H groups in total. The van der Waals surface area contributed by atoms with Gasteiger partial charge in [-0.25, -0.2) is 13.2 Å². The number of carbonyl (C=O) groups is 2. The van der Waals surface area contributed by atoms with E-state index in [1.165, 1.54) is 49.6 Å². The van der Waals surface area contributed by atoms with Gasteiger partial charge in [0.15, 0.2) is 0 Å². The van der Waals surface area contributed by atoms with Gasteiger partial charge in [-0.3, -0.25) is 9.52 Å². The number of benzene rings is 3. The third-order valence-corrected chi connectivity index (χ3v) is 6.41. The van der Waals surface area contributed by atoms with Gasteiger partial charge in [-0.1, -0.05) is 29.3 Å².